The summed E-state index contributed by atoms with van der Waals surface area (Å²) >= 11 is 0. The van der Waals surface area contributed by atoms with E-state index >= 15 is 0 Å². The van der Waals surface area contributed by atoms with Crippen LogP contribution in [0.3, 0.4) is 0 Å². The highest BCUT2D eigenvalue weighted by Crippen LogP contribution is 2.24. The number of aromatic nitrogens is 2. The maximum Gasteiger partial charge on any atom is 0.132 e. The number of phenolic OH excluding ortho intramolecular Hbond substituents is 1. The molecular weight excluding hydrogens is 245 g/mol. The van der Waals surface area contributed by atoms with Gasteiger partial charge in [0.2, 0.25) is 0 Å². The molecule has 2 aromatic rings. The van der Waals surface area contributed by atoms with Crippen molar-refractivity contribution in [2.75, 3.05) is 5.32 Å². The first-order valence-corrected chi connectivity index (χ1v) is 6.26. The lowest BCUT2D eigenvalue weighted by molar-refractivity contribution is 0.467. The van der Waals surface area contributed by atoms with E-state index in [0.717, 1.165) is 11.8 Å². The summed E-state index contributed by atoms with van der Waals surface area (Å²) in [4.78, 5) is 0. The van der Waals surface area contributed by atoms with Crippen LogP contribution in [0.15, 0.2) is 30.6 Å². The van der Waals surface area contributed by atoms with Crippen LogP contribution >= 0.6 is 0 Å². The maximum absolute atomic E-state index is 13.7. The molecule has 19 heavy (non-hydrogen) atoms. The Hall–Kier alpha value is -2.04. The molecule has 0 spiro atoms. The summed E-state index contributed by atoms with van der Waals surface area (Å²) in [6.45, 7) is 5.95. The summed E-state index contributed by atoms with van der Waals surface area (Å²) in [6, 6.07) is 4.26. The van der Waals surface area contributed by atoms with E-state index in [4.69, 9.17) is 0 Å². The van der Waals surface area contributed by atoms with Crippen LogP contribution in [0.5, 0.6) is 5.75 Å². The Kier molecular flexibility index (Phi) is 3.74. The lowest BCUT2D eigenvalue weighted by Crippen LogP contribution is -2.08. The normalized spacial score (nSPS) is 12.7. The first kappa shape index (κ1) is 13.4. The molecule has 1 unspecified atom stereocenters. The number of nitrogens with zero attached hydrogens (tertiary/aromatic N) is 2. The molecule has 2 N–H and O–H groups in total. The molecular formula is C14H18FN3O. The van der Waals surface area contributed by atoms with Crippen molar-refractivity contribution in [2.24, 2.45) is 0 Å². The summed E-state index contributed by atoms with van der Waals surface area (Å²) in [5.41, 5.74) is 1.35. The van der Waals surface area contributed by atoms with Crippen molar-refractivity contribution in [3.05, 3.63) is 42.0 Å². The van der Waals surface area contributed by atoms with E-state index in [1.807, 2.05) is 31.6 Å². The molecule has 0 bridgehead atoms. The second-order valence-corrected chi connectivity index (χ2v) is 4.87. The molecule has 0 saturated carbocycles. The molecule has 102 valence electrons. The lowest BCUT2D eigenvalue weighted by Gasteiger charge is -2.15. The number of benzene rings is 1. The highest BCUT2D eigenvalue weighted by atomic mass is 19.1. The monoisotopic (exact) mass is 263 g/mol. The van der Waals surface area contributed by atoms with Crippen molar-refractivity contribution in [3.8, 4) is 5.75 Å². The summed E-state index contributed by atoms with van der Waals surface area (Å²) < 4.78 is 15.6. The molecule has 1 heterocycles. The first-order chi connectivity index (χ1) is 8.97. The second-order valence-electron chi connectivity index (χ2n) is 4.87. The summed E-state index contributed by atoms with van der Waals surface area (Å²) in [5, 5.41) is 16.6. The summed E-state index contributed by atoms with van der Waals surface area (Å²) in [6.07, 6.45) is 3.61. The fraction of sp³-hybridized carbons (Fsp3) is 0.357. The van der Waals surface area contributed by atoms with Crippen LogP contribution in [0.2, 0.25) is 0 Å². The molecule has 0 aliphatic carbocycles. The highest BCUT2D eigenvalue weighted by Gasteiger charge is 2.12. The molecule has 1 aromatic carbocycles. The van der Waals surface area contributed by atoms with Crippen molar-refractivity contribution >= 4 is 5.69 Å². The number of hydrogen-bond donors (Lipinski definition) is 2. The van der Waals surface area contributed by atoms with Gasteiger partial charge in [-0.2, -0.15) is 5.10 Å². The molecule has 4 nitrogen and oxygen atoms in total. The van der Waals surface area contributed by atoms with Crippen LogP contribution in [0, 0.1) is 5.82 Å². The predicted molar refractivity (Wildman–Crippen MR) is 72.7 cm³/mol. The Balaban J connectivity index is 2.13. The fourth-order valence-electron chi connectivity index (χ4n) is 1.89. The molecule has 0 fully saturated rings. The van der Waals surface area contributed by atoms with Crippen molar-refractivity contribution in [2.45, 2.75) is 32.9 Å². The van der Waals surface area contributed by atoms with Crippen molar-refractivity contribution < 1.29 is 9.50 Å². The van der Waals surface area contributed by atoms with Crippen molar-refractivity contribution in [1.29, 1.82) is 0 Å². The zero-order chi connectivity index (χ0) is 14.0. The van der Waals surface area contributed by atoms with Gasteiger partial charge in [0.25, 0.3) is 0 Å². The third kappa shape index (κ3) is 3.05. The minimum Gasteiger partial charge on any atom is -0.508 e. The minimum atomic E-state index is -0.420. The predicted octanol–water partition coefficient (Wildman–Crippen LogP) is 3.48. The number of aromatic hydroxyl groups is 1. The van der Waals surface area contributed by atoms with Crippen LogP contribution in [-0.2, 0) is 0 Å². The number of hydrogen-bond acceptors (Lipinski definition) is 3. The zero-order valence-corrected chi connectivity index (χ0v) is 11.3. The number of nitrogens with one attached hydrogen (secondary N) is 1. The van der Waals surface area contributed by atoms with Gasteiger partial charge in [0.15, 0.2) is 0 Å². The van der Waals surface area contributed by atoms with Crippen LogP contribution in [0.25, 0.3) is 0 Å². The van der Waals surface area contributed by atoms with Gasteiger partial charge in [-0.3, -0.25) is 4.68 Å². The average Bonchev–Trinajstić information content (AvgIpc) is 2.77. The van der Waals surface area contributed by atoms with E-state index in [-0.39, 0.29) is 17.8 Å². The molecule has 0 aliphatic heterocycles. The molecule has 0 radical (unpaired) electrons. The number of halogens is 1. The molecule has 0 aliphatic rings. The standard InChI is InChI=1S/C14H18FN3O/c1-9(2)18-8-11(7-16-18)17-10(3)13-5-4-12(19)6-14(13)15/h4-10,17,19H,1-3H3. The van der Waals surface area contributed by atoms with Gasteiger partial charge in [0.05, 0.1) is 17.9 Å². The molecule has 5 heteroatoms. The zero-order valence-electron chi connectivity index (χ0n) is 11.3. The molecule has 0 amide bonds. The van der Waals surface area contributed by atoms with E-state index in [1.165, 1.54) is 6.07 Å². The van der Waals surface area contributed by atoms with E-state index in [1.54, 1.807) is 12.3 Å². The van der Waals surface area contributed by atoms with Gasteiger partial charge in [-0.25, -0.2) is 4.39 Å². The number of phenols is 1. The van der Waals surface area contributed by atoms with Gasteiger partial charge in [-0.1, -0.05) is 6.07 Å². The van der Waals surface area contributed by atoms with Gasteiger partial charge in [-0.15, -0.1) is 0 Å². The smallest absolute Gasteiger partial charge is 0.132 e. The maximum atomic E-state index is 13.7. The number of rotatable bonds is 4. The quantitative estimate of drug-likeness (QED) is 0.887. The Morgan fingerprint density at radius 1 is 1.32 bits per heavy atom. The van der Waals surface area contributed by atoms with E-state index < -0.39 is 5.82 Å². The Morgan fingerprint density at radius 2 is 2.05 bits per heavy atom. The second kappa shape index (κ2) is 5.30. The largest absolute Gasteiger partial charge is 0.508 e. The highest BCUT2D eigenvalue weighted by molar-refractivity contribution is 5.42. The van der Waals surface area contributed by atoms with E-state index in [2.05, 4.69) is 10.4 Å². The van der Waals surface area contributed by atoms with Crippen molar-refractivity contribution in [1.82, 2.24) is 9.78 Å². The Labute approximate surface area is 111 Å². The van der Waals surface area contributed by atoms with Crippen molar-refractivity contribution in [3.63, 3.8) is 0 Å². The fourth-order valence-corrected chi connectivity index (χ4v) is 1.89. The van der Waals surface area contributed by atoms with Gasteiger partial charge >= 0.3 is 0 Å². The van der Waals surface area contributed by atoms with Gasteiger partial charge in [-0.05, 0) is 26.8 Å². The average molecular weight is 263 g/mol. The SMILES string of the molecule is CC(Nc1cnn(C(C)C)c1)c1ccc(O)cc1F. The third-order valence-corrected chi connectivity index (χ3v) is 2.96. The molecule has 1 atom stereocenters. The van der Waals surface area contributed by atoms with Crippen LogP contribution in [0.1, 0.15) is 38.4 Å². The van der Waals surface area contributed by atoms with Crippen LogP contribution < -0.4 is 5.32 Å². The van der Waals surface area contributed by atoms with Gasteiger partial charge in [0, 0.05) is 23.9 Å². The molecule has 2 rings (SSSR count). The Morgan fingerprint density at radius 3 is 2.63 bits per heavy atom. The van der Waals surface area contributed by atoms with Crippen LogP contribution in [-0.4, -0.2) is 14.9 Å². The topological polar surface area (TPSA) is 50.1 Å². The minimum absolute atomic E-state index is 0.0684. The van der Waals surface area contributed by atoms with E-state index in [0.29, 0.717) is 5.56 Å². The van der Waals surface area contributed by atoms with Gasteiger partial charge < -0.3 is 10.4 Å². The first-order valence-electron chi connectivity index (χ1n) is 6.26. The molecule has 1 aromatic heterocycles. The summed E-state index contributed by atoms with van der Waals surface area (Å²) in [5.74, 6) is -0.489. The van der Waals surface area contributed by atoms with E-state index in [9.17, 15) is 9.50 Å². The lowest BCUT2D eigenvalue weighted by atomic mass is 10.1. The summed E-state index contributed by atoms with van der Waals surface area (Å²) in [7, 11) is 0. The number of anilines is 1. The Bertz CT molecular complexity index is 566. The molecule has 0 saturated heterocycles. The van der Waals surface area contributed by atoms with Gasteiger partial charge in [0.1, 0.15) is 11.6 Å². The van der Waals surface area contributed by atoms with Crippen LogP contribution in [0.4, 0.5) is 10.1 Å². The third-order valence-electron chi connectivity index (χ3n) is 2.96.